The molecule has 0 unspecified atom stereocenters. The predicted octanol–water partition coefficient (Wildman–Crippen LogP) is 4.14. The molecule has 33 heavy (non-hydrogen) atoms. The zero-order valence-electron chi connectivity index (χ0n) is 17.6. The summed E-state index contributed by atoms with van der Waals surface area (Å²) in [5, 5.41) is 5.18. The third-order valence-electron chi connectivity index (χ3n) is 4.82. The Morgan fingerprint density at radius 1 is 1.03 bits per heavy atom. The molecule has 4 N–H and O–H groups in total. The van der Waals surface area contributed by atoms with E-state index in [0.29, 0.717) is 22.7 Å². The van der Waals surface area contributed by atoms with Crippen molar-refractivity contribution in [2.24, 2.45) is 0 Å². The summed E-state index contributed by atoms with van der Waals surface area (Å²) in [5.41, 5.74) is 7.04. The Hall–Kier alpha value is -4.41. The summed E-state index contributed by atoms with van der Waals surface area (Å²) in [6.45, 7) is 3.90. The molecule has 0 saturated carbocycles. The molecule has 3 heterocycles. The van der Waals surface area contributed by atoms with Gasteiger partial charge in [-0.1, -0.05) is 0 Å². The van der Waals surface area contributed by atoms with Gasteiger partial charge in [0.05, 0.1) is 10.9 Å². The molecule has 0 spiro atoms. The molecule has 0 atom stereocenters. The zero-order chi connectivity index (χ0) is 23.7. The van der Waals surface area contributed by atoms with Crippen LogP contribution in [0.1, 0.15) is 35.8 Å². The minimum absolute atomic E-state index is 0.0226. The third kappa shape index (κ3) is 4.47. The number of benzene rings is 1. The molecule has 9 nitrogen and oxygen atoms in total. The zero-order valence-corrected chi connectivity index (χ0v) is 17.6. The van der Waals surface area contributed by atoms with E-state index in [1.54, 1.807) is 6.20 Å². The average molecular weight is 451 g/mol. The lowest BCUT2D eigenvalue weighted by molar-refractivity contribution is 0.104. The molecule has 2 amide bonds. The quantitative estimate of drug-likeness (QED) is 0.391. The molecule has 3 aromatic heterocycles. The second-order valence-electron chi connectivity index (χ2n) is 7.50. The predicted molar refractivity (Wildman–Crippen MR) is 119 cm³/mol. The van der Waals surface area contributed by atoms with Gasteiger partial charge in [-0.25, -0.2) is 28.5 Å². The average Bonchev–Trinajstić information content (AvgIpc) is 3.14. The van der Waals surface area contributed by atoms with Gasteiger partial charge in [0.15, 0.2) is 5.78 Å². The van der Waals surface area contributed by atoms with E-state index in [2.05, 4.69) is 25.6 Å². The van der Waals surface area contributed by atoms with Gasteiger partial charge in [0.25, 0.3) is 0 Å². The Balaban J connectivity index is 1.60. The van der Waals surface area contributed by atoms with Crippen molar-refractivity contribution in [3.05, 3.63) is 71.8 Å². The van der Waals surface area contributed by atoms with Crippen LogP contribution >= 0.6 is 0 Å². The molecular formula is C22H19F2N7O2. The van der Waals surface area contributed by atoms with Gasteiger partial charge in [-0.15, -0.1) is 0 Å². The number of halogens is 2. The number of anilines is 3. The first kappa shape index (κ1) is 21.8. The first-order valence-corrected chi connectivity index (χ1v) is 9.89. The highest BCUT2D eigenvalue weighted by atomic mass is 19.1. The fourth-order valence-electron chi connectivity index (χ4n) is 3.37. The molecule has 0 aliphatic heterocycles. The number of pyridine rings is 1. The maximum absolute atomic E-state index is 13.3. The summed E-state index contributed by atoms with van der Waals surface area (Å²) in [7, 11) is 0. The maximum Gasteiger partial charge on any atom is 0.324 e. The number of rotatable bonds is 5. The minimum Gasteiger partial charge on any atom is -0.383 e. The topological polar surface area (TPSA) is 128 Å². The van der Waals surface area contributed by atoms with Crippen LogP contribution < -0.4 is 16.4 Å². The van der Waals surface area contributed by atoms with Crippen molar-refractivity contribution in [3.63, 3.8) is 0 Å². The number of nitrogens with two attached hydrogens (primary N) is 1. The first-order chi connectivity index (χ1) is 15.7. The van der Waals surface area contributed by atoms with E-state index in [0.717, 1.165) is 12.1 Å². The van der Waals surface area contributed by atoms with E-state index in [4.69, 9.17) is 5.73 Å². The summed E-state index contributed by atoms with van der Waals surface area (Å²) in [6, 6.07) is 4.73. The Kier molecular flexibility index (Phi) is 5.69. The monoisotopic (exact) mass is 451 g/mol. The lowest BCUT2D eigenvalue weighted by Gasteiger charge is -2.08. The van der Waals surface area contributed by atoms with Crippen molar-refractivity contribution < 1.29 is 18.4 Å². The number of ketones is 1. The van der Waals surface area contributed by atoms with Crippen molar-refractivity contribution in [3.8, 4) is 0 Å². The van der Waals surface area contributed by atoms with Crippen LogP contribution in [0.5, 0.6) is 0 Å². The molecule has 11 heteroatoms. The van der Waals surface area contributed by atoms with Gasteiger partial charge in [0, 0.05) is 35.8 Å². The van der Waals surface area contributed by atoms with Gasteiger partial charge in [-0.05, 0) is 38.1 Å². The maximum atomic E-state index is 13.3. The number of carbonyl (C=O) groups excluding carboxylic acids is 2. The number of nitrogen functional groups attached to an aromatic ring is 1. The van der Waals surface area contributed by atoms with Gasteiger partial charge in [0.2, 0.25) is 0 Å². The number of hydrogen-bond acceptors (Lipinski definition) is 6. The lowest BCUT2D eigenvalue weighted by Crippen LogP contribution is -2.20. The van der Waals surface area contributed by atoms with Gasteiger partial charge in [-0.3, -0.25) is 10.1 Å². The summed E-state index contributed by atoms with van der Waals surface area (Å²) in [5.74, 6) is -1.79. The van der Waals surface area contributed by atoms with Crippen LogP contribution in [-0.4, -0.2) is 31.3 Å². The van der Waals surface area contributed by atoms with E-state index in [1.807, 2.05) is 18.4 Å². The molecule has 0 fully saturated rings. The SMILES string of the molecule is CC(C)n1cc(C(=O)c2ccnc(NC(=O)Nc3cc(F)cc(F)c3)c2)c2c(N)ncnc21. The molecule has 1 aromatic carbocycles. The number of nitrogens with zero attached hydrogens (tertiary/aromatic N) is 4. The number of nitrogens with one attached hydrogen (secondary N) is 2. The molecule has 0 saturated heterocycles. The van der Waals surface area contributed by atoms with Crippen molar-refractivity contribution in [1.82, 2.24) is 19.5 Å². The number of urea groups is 1. The van der Waals surface area contributed by atoms with Crippen LogP contribution in [0.25, 0.3) is 11.0 Å². The molecule has 0 aliphatic carbocycles. The van der Waals surface area contributed by atoms with Crippen LogP contribution in [0.2, 0.25) is 0 Å². The van der Waals surface area contributed by atoms with Crippen LogP contribution in [0, 0.1) is 11.6 Å². The molecule has 0 aliphatic rings. The number of amides is 2. The number of carbonyl (C=O) groups is 2. The Bertz CT molecular complexity index is 1360. The summed E-state index contributed by atoms with van der Waals surface area (Å²) < 4.78 is 28.5. The third-order valence-corrected chi connectivity index (χ3v) is 4.82. The normalized spacial score (nSPS) is 11.1. The summed E-state index contributed by atoms with van der Waals surface area (Å²) >= 11 is 0. The second-order valence-corrected chi connectivity index (χ2v) is 7.50. The van der Waals surface area contributed by atoms with Crippen molar-refractivity contribution in [1.29, 1.82) is 0 Å². The lowest BCUT2D eigenvalue weighted by atomic mass is 10.0. The van der Waals surface area contributed by atoms with Crippen molar-refractivity contribution >= 4 is 40.2 Å². The first-order valence-electron chi connectivity index (χ1n) is 9.89. The molecule has 4 rings (SSSR count). The Morgan fingerprint density at radius 3 is 2.45 bits per heavy atom. The smallest absolute Gasteiger partial charge is 0.324 e. The minimum atomic E-state index is -0.833. The van der Waals surface area contributed by atoms with Gasteiger partial charge in [-0.2, -0.15) is 0 Å². The molecule has 0 bridgehead atoms. The van der Waals surface area contributed by atoms with E-state index in [1.165, 1.54) is 24.7 Å². The number of hydrogen-bond donors (Lipinski definition) is 3. The van der Waals surface area contributed by atoms with Gasteiger partial charge >= 0.3 is 6.03 Å². The number of aromatic nitrogens is 4. The molecule has 0 radical (unpaired) electrons. The Morgan fingerprint density at radius 2 is 1.76 bits per heavy atom. The van der Waals surface area contributed by atoms with Crippen molar-refractivity contribution in [2.45, 2.75) is 19.9 Å². The highest BCUT2D eigenvalue weighted by Crippen LogP contribution is 2.28. The van der Waals surface area contributed by atoms with E-state index in [9.17, 15) is 18.4 Å². The van der Waals surface area contributed by atoms with Gasteiger partial charge in [0.1, 0.15) is 35.2 Å². The highest BCUT2D eigenvalue weighted by molar-refractivity contribution is 6.18. The fraction of sp³-hybridized carbons (Fsp3) is 0.136. The van der Waals surface area contributed by atoms with Gasteiger partial charge < -0.3 is 15.6 Å². The second kappa shape index (κ2) is 8.61. The Labute approximate surface area is 186 Å². The van der Waals surface area contributed by atoms with Crippen LogP contribution in [0.15, 0.2) is 49.1 Å². The highest BCUT2D eigenvalue weighted by Gasteiger charge is 2.22. The van der Waals surface area contributed by atoms with E-state index in [-0.39, 0.29) is 34.7 Å². The van der Waals surface area contributed by atoms with Crippen molar-refractivity contribution in [2.75, 3.05) is 16.4 Å². The molecule has 4 aromatic rings. The van der Waals surface area contributed by atoms with E-state index < -0.39 is 17.7 Å². The fourth-order valence-corrected chi connectivity index (χ4v) is 3.37. The molecular weight excluding hydrogens is 432 g/mol. The molecule has 168 valence electrons. The van der Waals surface area contributed by atoms with Crippen LogP contribution in [0.3, 0.4) is 0 Å². The number of fused-ring (bicyclic) bond motifs is 1. The summed E-state index contributed by atoms with van der Waals surface area (Å²) in [4.78, 5) is 37.8. The van der Waals surface area contributed by atoms with Crippen LogP contribution in [-0.2, 0) is 0 Å². The largest absolute Gasteiger partial charge is 0.383 e. The summed E-state index contributed by atoms with van der Waals surface area (Å²) in [6.07, 6.45) is 4.36. The van der Waals surface area contributed by atoms with Crippen LogP contribution in [0.4, 0.5) is 30.9 Å². The standard InChI is InChI=1S/C22H19F2N7O2/c1-11(2)31-9-16(18-20(25)27-10-28-21(18)31)19(32)12-3-4-26-17(5-12)30-22(33)29-15-7-13(23)6-14(24)8-15/h3-11H,1-2H3,(H2,25,27,28)(H2,26,29,30,33). The van der Waals surface area contributed by atoms with E-state index >= 15 is 0 Å².